The summed E-state index contributed by atoms with van der Waals surface area (Å²) in [5.74, 6) is 0.556. The summed E-state index contributed by atoms with van der Waals surface area (Å²) in [5.41, 5.74) is 8.07. The quantitative estimate of drug-likeness (QED) is 0.843. The van der Waals surface area contributed by atoms with Crippen LogP contribution in [0.2, 0.25) is 5.02 Å². The number of nitrogen functional groups attached to an aromatic ring is 1. The standard InChI is InChI=1S/C15H16ClNO2/c1-10-6-7-15(12(16)8-10)19-9-14(18)11-4-2-3-5-13(11)17/h2-8,14,18H,9,17H2,1H3. The van der Waals surface area contributed by atoms with Crippen molar-refractivity contribution in [1.82, 2.24) is 0 Å². The molecule has 1 unspecified atom stereocenters. The first-order valence-electron chi connectivity index (χ1n) is 5.99. The van der Waals surface area contributed by atoms with Gasteiger partial charge in [0.25, 0.3) is 0 Å². The van der Waals surface area contributed by atoms with E-state index in [0.29, 0.717) is 22.0 Å². The zero-order valence-corrected chi connectivity index (χ0v) is 11.4. The third-order valence-corrected chi connectivity index (χ3v) is 3.13. The Hall–Kier alpha value is -1.71. The van der Waals surface area contributed by atoms with Crippen molar-refractivity contribution in [3.05, 3.63) is 58.6 Å². The van der Waals surface area contributed by atoms with Gasteiger partial charge in [-0.2, -0.15) is 0 Å². The second-order valence-corrected chi connectivity index (χ2v) is 4.80. The highest BCUT2D eigenvalue weighted by molar-refractivity contribution is 6.32. The second kappa shape index (κ2) is 5.95. The second-order valence-electron chi connectivity index (χ2n) is 4.39. The molecule has 0 spiro atoms. The molecule has 0 heterocycles. The highest BCUT2D eigenvalue weighted by atomic mass is 35.5. The Balaban J connectivity index is 2.04. The first kappa shape index (κ1) is 13.7. The van der Waals surface area contributed by atoms with Crippen LogP contribution < -0.4 is 10.5 Å². The summed E-state index contributed by atoms with van der Waals surface area (Å²) in [6.45, 7) is 2.06. The van der Waals surface area contributed by atoms with Gasteiger partial charge in [0.1, 0.15) is 18.5 Å². The van der Waals surface area contributed by atoms with Gasteiger partial charge < -0.3 is 15.6 Å². The van der Waals surface area contributed by atoms with E-state index in [1.165, 1.54) is 0 Å². The van der Waals surface area contributed by atoms with E-state index in [9.17, 15) is 5.11 Å². The van der Waals surface area contributed by atoms with Gasteiger partial charge in [-0.3, -0.25) is 0 Å². The molecule has 0 saturated heterocycles. The van der Waals surface area contributed by atoms with Crippen molar-refractivity contribution in [3.8, 4) is 5.75 Å². The topological polar surface area (TPSA) is 55.5 Å². The number of aryl methyl sites for hydroxylation is 1. The molecule has 4 heteroatoms. The minimum Gasteiger partial charge on any atom is -0.489 e. The van der Waals surface area contributed by atoms with Crippen LogP contribution in [0.4, 0.5) is 5.69 Å². The van der Waals surface area contributed by atoms with Crippen LogP contribution >= 0.6 is 11.6 Å². The minimum atomic E-state index is -0.779. The van der Waals surface area contributed by atoms with Crippen molar-refractivity contribution in [3.63, 3.8) is 0 Å². The Morgan fingerprint density at radius 1 is 1.26 bits per heavy atom. The lowest BCUT2D eigenvalue weighted by Crippen LogP contribution is -2.11. The molecule has 2 rings (SSSR count). The van der Waals surface area contributed by atoms with E-state index in [1.807, 2.05) is 31.2 Å². The fourth-order valence-electron chi connectivity index (χ4n) is 1.80. The van der Waals surface area contributed by atoms with Crippen molar-refractivity contribution < 1.29 is 9.84 Å². The fraction of sp³-hybridized carbons (Fsp3) is 0.200. The van der Waals surface area contributed by atoms with E-state index in [1.54, 1.807) is 18.2 Å². The van der Waals surface area contributed by atoms with E-state index in [2.05, 4.69) is 0 Å². The number of hydrogen-bond acceptors (Lipinski definition) is 3. The van der Waals surface area contributed by atoms with Gasteiger partial charge in [0.15, 0.2) is 0 Å². The van der Waals surface area contributed by atoms with Gasteiger partial charge in [-0.15, -0.1) is 0 Å². The summed E-state index contributed by atoms with van der Waals surface area (Å²) < 4.78 is 5.53. The molecule has 0 aliphatic heterocycles. The van der Waals surface area contributed by atoms with E-state index in [-0.39, 0.29) is 6.61 Å². The van der Waals surface area contributed by atoms with E-state index < -0.39 is 6.10 Å². The molecule has 0 saturated carbocycles. The molecule has 19 heavy (non-hydrogen) atoms. The number of anilines is 1. The number of nitrogens with two attached hydrogens (primary N) is 1. The Bertz CT molecular complexity index is 572. The van der Waals surface area contributed by atoms with Gasteiger partial charge in [-0.1, -0.05) is 35.9 Å². The predicted octanol–water partition coefficient (Wildman–Crippen LogP) is 3.34. The minimum absolute atomic E-state index is 0.108. The summed E-state index contributed by atoms with van der Waals surface area (Å²) in [7, 11) is 0. The van der Waals surface area contributed by atoms with Gasteiger partial charge in [0.2, 0.25) is 0 Å². The summed E-state index contributed by atoms with van der Waals surface area (Å²) >= 11 is 6.06. The van der Waals surface area contributed by atoms with E-state index in [4.69, 9.17) is 22.1 Å². The Kier molecular flexibility index (Phi) is 4.30. The molecule has 0 aliphatic rings. The summed E-state index contributed by atoms with van der Waals surface area (Å²) in [5, 5.41) is 10.6. The van der Waals surface area contributed by atoms with Gasteiger partial charge in [-0.05, 0) is 30.7 Å². The molecule has 0 amide bonds. The highest BCUT2D eigenvalue weighted by Gasteiger charge is 2.12. The molecular weight excluding hydrogens is 262 g/mol. The molecule has 2 aromatic carbocycles. The largest absolute Gasteiger partial charge is 0.489 e. The van der Waals surface area contributed by atoms with Gasteiger partial charge in [0.05, 0.1) is 5.02 Å². The van der Waals surface area contributed by atoms with E-state index in [0.717, 1.165) is 5.56 Å². The number of rotatable bonds is 4. The average molecular weight is 278 g/mol. The smallest absolute Gasteiger partial charge is 0.138 e. The molecule has 0 fully saturated rings. The molecule has 0 radical (unpaired) electrons. The number of para-hydroxylation sites is 1. The Labute approximate surface area is 117 Å². The molecular formula is C15H16ClNO2. The van der Waals surface area contributed by atoms with Gasteiger partial charge in [-0.25, -0.2) is 0 Å². The lowest BCUT2D eigenvalue weighted by Gasteiger charge is -2.15. The third-order valence-electron chi connectivity index (χ3n) is 2.84. The molecule has 100 valence electrons. The van der Waals surface area contributed by atoms with Crippen molar-refractivity contribution >= 4 is 17.3 Å². The van der Waals surface area contributed by atoms with Crippen molar-refractivity contribution in [1.29, 1.82) is 0 Å². The highest BCUT2D eigenvalue weighted by Crippen LogP contribution is 2.27. The summed E-state index contributed by atoms with van der Waals surface area (Å²) in [6.07, 6.45) is -0.779. The zero-order valence-electron chi connectivity index (χ0n) is 10.6. The molecule has 0 aliphatic carbocycles. The van der Waals surface area contributed by atoms with Crippen molar-refractivity contribution in [2.24, 2.45) is 0 Å². The number of halogens is 1. The van der Waals surface area contributed by atoms with Crippen LogP contribution in [-0.4, -0.2) is 11.7 Å². The fourth-order valence-corrected chi connectivity index (χ4v) is 2.09. The molecule has 2 aromatic rings. The molecule has 0 aromatic heterocycles. The monoisotopic (exact) mass is 277 g/mol. The number of benzene rings is 2. The lowest BCUT2D eigenvalue weighted by atomic mass is 10.1. The van der Waals surface area contributed by atoms with Crippen LogP contribution in [0.15, 0.2) is 42.5 Å². The van der Waals surface area contributed by atoms with Crippen LogP contribution in [-0.2, 0) is 0 Å². The summed E-state index contributed by atoms with van der Waals surface area (Å²) in [6, 6.07) is 12.7. The number of aliphatic hydroxyl groups is 1. The van der Waals surface area contributed by atoms with Gasteiger partial charge in [0, 0.05) is 11.3 Å². The van der Waals surface area contributed by atoms with Gasteiger partial charge >= 0.3 is 0 Å². The molecule has 0 bridgehead atoms. The SMILES string of the molecule is Cc1ccc(OCC(O)c2ccccc2N)c(Cl)c1. The summed E-state index contributed by atoms with van der Waals surface area (Å²) in [4.78, 5) is 0. The average Bonchev–Trinajstić information content (AvgIpc) is 2.38. The van der Waals surface area contributed by atoms with Crippen LogP contribution in [0, 0.1) is 6.92 Å². The maximum atomic E-state index is 10.1. The maximum absolute atomic E-state index is 10.1. The maximum Gasteiger partial charge on any atom is 0.138 e. The lowest BCUT2D eigenvalue weighted by molar-refractivity contribution is 0.109. The van der Waals surface area contributed by atoms with Crippen LogP contribution in [0.5, 0.6) is 5.75 Å². The number of ether oxygens (including phenoxy) is 1. The van der Waals surface area contributed by atoms with Crippen LogP contribution in [0.1, 0.15) is 17.2 Å². The van der Waals surface area contributed by atoms with Crippen LogP contribution in [0.3, 0.4) is 0 Å². The zero-order chi connectivity index (χ0) is 13.8. The third kappa shape index (κ3) is 3.40. The van der Waals surface area contributed by atoms with Crippen molar-refractivity contribution in [2.75, 3.05) is 12.3 Å². The Morgan fingerprint density at radius 2 is 2.00 bits per heavy atom. The normalized spacial score (nSPS) is 12.2. The predicted molar refractivity (Wildman–Crippen MR) is 77.5 cm³/mol. The first-order chi connectivity index (χ1) is 9.08. The van der Waals surface area contributed by atoms with Crippen LogP contribution in [0.25, 0.3) is 0 Å². The Morgan fingerprint density at radius 3 is 2.68 bits per heavy atom. The number of aliphatic hydroxyl groups excluding tert-OH is 1. The molecule has 3 N–H and O–H groups in total. The van der Waals surface area contributed by atoms with E-state index >= 15 is 0 Å². The molecule has 1 atom stereocenters. The molecule has 3 nitrogen and oxygen atoms in total. The first-order valence-corrected chi connectivity index (χ1v) is 6.37. The van der Waals surface area contributed by atoms with Crippen molar-refractivity contribution in [2.45, 2.75) is 13.0 Å². The number of hydrogen-bond donors (Lipinski definition) is 2.